The average molecular weight is 369 g/mol. The van der Waals surface area contributed by atoms with Gasteiger partial charge in [-0.1, -0.05) is 24.3 Å². The van der Waals surface area contributed by atoms with Crippen molar-refractivity contribution in [3.63, 3.8) is 0 Å². The van der Waals surface area contributed by atoms with Crippen molar-refractivity contribution < 1.29 is 132 Å². The van der Waals surface area contributed by atoms with Crippen LogP contribution in [-0.4, -0.2) is 25.9 Å². The Morgan fingerprint density at radius 3 is 1.25 bits per heavy atom. The fraction of sp³-hybridized carbons (Fsp3) is 0. The van der Waals surface area contributed by atoms with Crippen LogP contribution in [0.1, 0.15) is 2.85 Å². The third-order valence-electron chi connectivity index (χ3n) is 2.40. The predicted octanol–water partition coefficient (Wildman–Crippen LogP) is -4.43. The van der Waals surface area contributed by atoms with Gasteiger partial charge in [-0.05, 0) is 12.1 Å². The van der Waals surface area contributed by atoms with Gasteiger partial charge < -0.3 is 2.85 Å². The number of hydrogen-bond donors (Lipinski definition) is 2. The standard InChI is InChI=1S/C10H8O6S2.2K.2H/c11-17(12,13)9-5-1-3-7-8(9)4-2-6-10(7)18(14,15)16;;;;/h1-6H,(H,11,12,13)(H,14,15,16);;;;/q;2*+1;2*-1. The molecule has 2 rings (SSSR count). The van der Waals surface area contributed by atoms with Crippen LogP contribution < -0.4 is 103 Å². The van der Waals surface area contributed by atoms with E-state index in [0.717, 1.165) is 12.1 Å². The Morgan fingerprint density at radius 2 is 1.00 bits per heavy atom. The molecule has 0 aliphatic carbocycles. The topological polar surface area (TPSA) is 109 Å². The summed E-state index contributed by atoms with van der Waals surface area (Å²) in [6.45, 7) is 0. The zero-order valence-corrected chi connectivity index (χ0v) is 18.7. The predicted molar refractivity (Wildman–Crippen MR) is 65.8 cm³/mol. The Kier molecular flexibility index (Phi) is 8.78. The summed E-state index contributed by atoms with van der Waals surface area (Å²) in [6.07, 6.45) is 0. The van der Waals surface area contributed by atoms with Crippen LogP contribution in [0.5, 0.6) is 0 Å². The van der Waals surface area contributed by atoms with Crippen molar-refractivity contribution >= 4 is 31.0 Å². The Morgan fingerprint density at radius 1 is 0.700 bits per heavy atom. The average Bonchev–Trinajstić information content (AvgIpc) is 2.24. The smallest absolute Gasteiger partial charge is 1.00 e. The van der Waals surface area contributed by atoms with Gasteiger partial charge in [0.05, 0.1) is 0 Å². The van der Waals surface area contributed by atoms with Crippen LogP contribution in [0.15, 0.2) is 46.2 Å². The minimum Gasteiger partial charge on any atom is -1.00 e. The quantitative estimate of drug-likeness (QED) is 0.409. The van der Waals surface area contributed by atoms with Gasteiger partial charge in [-0.15, -0.1) is 0 Å². The van der Waals surface area contributed by atoms with E-state index >= 15 is 0 Å². The Hall–Kier alpha value is 1.79. The van der Waals surface area contributed by atoms with Gasteiger partial charge in [-0.2, -0.15) is 16.8 Å². The SMILES string of the molecule is O=S(=O)(O)c1cccc2c(S(=O)(=O)O)cccc12.[H-].[H-].[K+].[K+]. The molecule has 20 heavy (non-hydrogen) atoms. The molecule has 0 aliphatic heterocycles. The summed E-state index contributed by atoms with van der Waals surface area (Å²) in [5.41, 5.74) is 0. The monoisotopic (exact) mass is 368 g/mol. The van der Waals surface area contributed by atoms with Crippen LogP contribution in [0.25, 0.3) is 10.8 Å². The minimum atomic E-state index is -4.47. The number of fused-ring (bicyclic) bond motifs is 1. The second-order valence-corrected chi connectivity index (χ2v) is 6.34. The van der Waals surface area contributed by atoms with Gasteiger partial charge in [0.25, 0.3) is 20.2 Å². The molecule has 2 aromatic carbocycles. The normalized spacial score (nSPS) is 11.5. The molecule has 2 N–H and O–H groups in total. The Labute approximate surface area is 204 Å². The summed E-state index contributed by atoms with van der Waals surface area (Å²) in [5, 5.41) is 0.0465. The van der Waals surface area contributed by atoms with Gasteiger partial charge in [0, 0.05) is 10.8 Å². The summed E-state index contributed by atoms with van der Waals surface area (Å²) < 4.78 is 62.7. The molecule has 6 nitrogen and oxygen atoms in total. The van der Waals surface area contributed by atoms with E-state index in [2.05, 4.69) is 0 Å². The molecule has 2 aromatic rings. The summed E-state index contributed by atoms with van der Waals surface area (Å²) >= 11 is 0. The molecule has 10 heteroatoms. The molecular formula is C10H10K2O6S2. The number of hydrogen-bond acceptors (Lipinski definition) is 4. The fourth-order valence-electron chi connectivity index (χ4n) is 1.70. The number of rotatable bonds is 2. The molecule has 0 saturated heterocycles. The maximum atomic E-state index is 11.2. The fourth-order valence-corrected chi connectivity index (χ4v) is 3.12. The van der Waals surface area contributed by atoms with E-state index in [9.17, 15) is 16.8 Å². The third-order valence-corrected chi connectivity index (χ3v) is 4.22. The van der Waals surface area contributed by atoms with Crippen molar-refractivity contribution in [2.24, 2.45) is 0 Å². The first-order chi connectivity index (χ1) is 8.21. The van der Waals surface area contributed by atoms with Crippen molar-refractivity contribution in [2.45, 2.75) is 9.79 Å². The molecule has 0 aromatic heterocycles. The maximum absolute atomic E-state index is 11.2. The van der Waals surface area contributed by atoms with E-state index < -0.39 is 30.0 Å². The first-order valence-corrected chi connectivity index (χ1v) is 7.56. The van der Waals surface area contributed by atoms with Gasteiger partial charge >= 0.3 is 103 Å². The van der Waals surface area contributed by atoms with Gasteiger partial charge in [0.1, 0.15) is 9.79 Å². The molecule has 0 radical (unpaired) electrons. The van der Waals surface area contributed by atoms with E-state index in [0.29, 0.717) is 0 Å². The van der Waals surface area contributed by atoms with E-state index in [1.54, 1.807) is 0 Å². The third kappa shape index (κ3) is 4.89. The second-order valence-electron chi connectivity index (χ2n) is 3.56. The van der Waals surface area contributed by atoms with Crippen molar-refractivity contribution in [1.29, 1.82) is 0 Å². The molecule has 0 saturated carbocycles. The molecular weight excluding hydrogens is 358 g/mol. The molecule has 0 heterocycles. The van der Waals surface area contributed by atoms with E-state index in [-0.39, 0.29) is 116 Å². The van der Waals surface area contributed by atoms with Gasteiger partial charge in [0.15, 0.2) is 0 Å². The van der Waals surface area contributed by atoms with Crippen molar-refractivity contribution in [2.75, 3.05) is 0 Å². The molecule has 0 aliphatic rings. The van der Waals surface area contributed by atoms with Crippen LogP contribution in [-0.2, 0) is 20.2 Å². The number of benzene rings is 2. The largest absolute Gasteiger partial charge is 1.00 e. The molecule has 0 bridgehead atoms. The minimum absolute atomic E-state index is 0. The maximum Gasteiger partial charge on any atom is 1.00 e. The van der Waals surface area contributed by atoms with Gasteiger partial charge in [-0.25, -0.2) is 0 Å². The molecule has 0 amide bonds. The van der Waals surface area contributed by atoms with Gasteiger partial charge in [-0.3, -0.25) is 9.11 Å². The van der Waals surface area contributed by atoms with Crippen molar-refractivity contribution in [3.05, 3.63) is 36.4 Å². The van der Waals surface area contributed by atoms with E-state index in [1.807, 2.05) is 0 Å². The zero-order valence-electron chi connectivity index (χ0n) is 12.8. The van der Waals surface area contributed by atoms with Crippen LogP contribution >= 0.6 is 0 Å². The van der Waals surface area contributed by atoms with Crippen LogP contribution in [0.3, 0.4) is 0 Å². The van der Waals surface area contributed by atoms with Gasteiger partial charge in [0.2, 0.25) is 0 Å². The second kappa shape index (κ2) is 8.06. The first-order valence-electron chi connectivity index (χ1n) is 4.68. The molecule has 0 spiro atoms. The molecule has 100 valence electrons. The zero-order chi connectivity index (χ0) is 13.6. The van der Waals surface area contributed by atoms with E-state index in [1.165, 1.54) is 24.3 Å². The summed E-state index contributed by atoms with van der Waals surface area (Å²) in [5.74, 6) is 0. The van der Waals surface area contributed by atoms with Crippen molar-refractivity contribution in [1.82, 2.24) is 0 Å². The van der Waals surface area contributed by atoms with E-state index in [4.69, 9.17) is 9.11 Å². The van der Waals surface area contributed by atoms with Crippen LogP contribution in [0, 0.1) is 0 Å². The molecule has 0 atom stereocenters. The Balaban J connectivity index is -0.000000902. The summed E-state index contributed by atoms with van der Waals surface area (Å²) in [7, 11) is -8.94. The van der Waals surface area contributed by atoms with Crippen LogP contribution in [0.2, 0.25) is 0 Å². The first kappa shape index (κ1) is 21.8. The molecule has 0 fully saturated rings. The Bertz CT molecular complexity index is 768. The summed E-state index contributed by atoms with van der Waals surface area (Å²) in [6, 6.07) is 7.53. The van der Waals surface area contributed by atoms with Crippen molar-refractivity contribution in [3.8, 4) is 0 Å². The molecule has 0 unspecified atom stereocenters. The summed E-state index contributed by atoms with van der Waals surface area (Å²) in [4.78, 5) is -0.823. The van der Waals surface area contributed by atoms with Crippen LogP contribution in [0.4, 0.5) is 0 Å².